The number of nitrogens with one attached hydrogen (secondary N) is 1. The first-order valence-electron chi connectivity index (χ1n) is 10.8. The Hall–Kier alpha value is -2.65. The van der Waals surface area contributed by atoms with Gasteiger partial charge in [-0.15, -0.1) is 9.24 Å². The molecule has 0 bridgehead atoms. The number of anilines is 1. The molecule has 3 N–H and O–H groups in total. The van der Waals surface area contributed by atoms with Crippen molar-refractivity contribution in [2.45, 2.75) is 47.5 Å². The number of allylic oxidation sites excluding steroid dienone is 1. The van der Waals surface area contributed by atoms with Crippen LogP contribution in [0.25, 0.3) is 0 Å². The zero-order chi connectivity index (χ0) is 23.8. The number of carbonyl (C=O) groups is 1. The molecule has 2 aromatic rings. The molecule has 1 unspecified atom stereocenters. The van der Waals surface area contributed by atoms with Gasteiger partial charge in [0.25, 0.3) is 0 Å². The lowest BCUT2D eigenvalue weighted by Gasteiger charge is -2.17. The van der Waals surface area contributed by atoms with Gasteiger partial charge in [0, 0.05) is 12.1 Å². The van der Waals surface area contributed by atoms with Crippen molar-refractivity contribution in [3.8, 4) is 0 Å². The van der Waals surface area contributed by atoms with Crippen LogP contribution in [0.15, 0.2) is 65.0 Å². The van der Waals surface area contributed by atoms with Crippen LogP contribution in [0.1, 0.15) is 45.2 Å². The van der Waals surface area contributed by atoms with E-state index in [4.69, 9.17) is 10.5 Å². The van der Waals surface area contributed by atoms with Crippen molar-refractivity contribution >= 4 is 26.2 Å². The van der Waals surface area contributed by atoms with Crippen LogP contribution < -0.4 is 16.4 Å². The highest BCUT2D eigenvalue weighted by Gasteiger charge is 2.20. The number of nitrogens with two attached hydrogens (primary N) is 1. The monoisotopic (exact) mass is 456 g/mol. The maximum Gasteiger partial charge on any atom is 0.342 e. The number of rotatable bonds is 9. The zero-order valence-corrected chi connectivity index (χ0v) is 20.7. The third-order valence-corrected chi connectivity index (χ3v) is 5.72. The fourth-order valence-corrected chi connectivity index (χ4v) is 3.72. The number of hydrogen-bond donors (Lipinski definition) is 2. The van der Waals surface area contributed by atoms with Crippen molar-refractivity contribution in [3.05, 3.63) is 81.9 Å². The van der Waals surface area contributed by atoms with Crippen molar-refractivity contribution in [1.29, 1.82) is 0 Å². The summed E-state index contributed by atoms with van der Waals surface area (Å²) in [6.07, 6.45) is 1.14. The Morgan fingerprint density at radius 3 is 2.41 bits per heavy atom. The quantitative estimate of drug-likeness (QED) is 0.230. The molecule has 0 heterocycles. The second-order valence-electron chi connectivity index (χ2n) is 8.46. The lowest BCUT2D eigenvalue weighted by atomic mass is 9.95. The largest absolute Gasteiger partial charge is 0.462 e. The van der Waals surface area contributed by atoms with Crippen LogP contribution in [0.2, 0.25) is 0 Å². The fraction of sp³-hybridized carbons (Fsp3) is 0.346. The summed E-state index contributed by atoms with van der Waals surface area (Å²) in [5.41, 5.74) is 10.7. The highest BCUT2D eigenvalue weighted by Crippen LogP contribution is 2.24. The first-order chi connectivity index (χ1) is 15.1. The summed E-state index contributed by atoms with van der Waals surface area (Å²) in [5.74, 6) is -0.143. The van der Waals surface area contributed by atoms with Crippen molar-refractivity contribution in [3.63, 3.8) is 0 Å². The summed E-state index contributed by atoms with van der Waals surface area (Å²) >= 11 is 0. The van der Waals surface area contributed by atoms with E-state index in [-0.39, 0.29) is 18.2 Å². The highest BCUT2D eigenvalue weighted by atomic mass is 31.0. The minimum atomic E-state index is -0.521. The Bertz CT molecular complexity index is 991. The Morgan fingerprint density at radius 2 is 1.81 bits per heavy atom. The highest BCUT2D eigenvalue weighted by molar-refractivity contribution is 7.27. The molecule has 0 aromatic heterocycles. The van der Waals surface area contributed by atoms with E-state index < -0.39 is 5.97 Å². The molecule has 2 rings (SSSR count). The molecule has 6 heteroatoms. The predicted octanol–water partition coefficient (Wildman–Crippen LogP) is 5.39. The number of benzene rings is 2. The summed E-state index contributed by atoms with van der Waals surface area (Å²) in [6, 6.07) is 12.6. The van der Waals surface area contributed by atoms with Gasteiger partial charge in [0.05, 0.1) is 6.61 Å². The Morgan fingerprint density at radius 1 is 1.16 bits per heavy atom. The molecule has 0 saturated heterocycles. The van der Waals surface area contributed by atoms with E-state index in [9.17, 15) is 9.18 Å². The standard InChI is InChI=1S/C26H34FN2O2P/c1-16(2)15-18(4)19(5)24(25(28)29-20-9-11-21(32)12-10-20)26(30)31-14-13-22-17(3)7-6-8-23(22)27/h6-12,16,29H,13-15,28,32H2,1-5H3/b19-18-,25-24+. The molecule has 32 heavy (non-hydrogen) atoms. The smallest absolute Gasteiger partial charge is 0.342 e. The Kier molecular flexibility index (Phi) is 9.46. The molecule has 0 saturated carbocycles. The van der Waals surface area contributed by atoms with Gasteiger partial charge in [-0.25, -0.2) is 9.18 Å². The molecule has 172 valence electrons. The average molecular weight is 457 g/mol. The zero-order valence-electron chi connectivity index (χ0n) is 19.6. The minimum absolute atomic E-state index is 0.0651. The van der Waals surface area contributed by atoms with Gasteiger partial charge in [-0.3, -0.25) is 0 Å². The van der Waals surface area contributed by atoms with Crippen LogP contribution in [-0.2, 0) is 16.0 Å². The predicted molar refractivity (Wildman–Crippen MR) is 134 cm³/mol. The van der Waals surface area contributed by atoms with E-state index in [1.807, 2.05) is 51.1 Å². The van der Waals surface area contributed by atoms with Crippen LogP contribution >= 0.6 is 9.24 Å². The van der Waals surface area contributed by atoms with Crippen molar-refractivity contribution < 1.29 is 13.9 Å². The second kappa shape index (κ2) is 11.8. The minimum Gasteiger partial charge on any atom is -0.462 e. The normalized spacial score (nSPS) is 12.9. The van der Waals surface area contributed by atoms with E-state index in [0.29, 0.717) is 23.5 Å². The maximum atomic E-state index is 14.1. The SMILES string of the molecule is C/C(CC(C)C)=C(C)/C(C(=O)OCCc1c(C)cccc1F)=C(/N)Nc1ccc(P)cc1. The van der Waals surface area contributed by atoms with E-state index in [2.05, 4.69) is 28.4 Å². The summed E-state index contributed by atoms with van der Waals surface area (Å²) in [4.78, 5) is 13.1. The van der Waals surface area contributed by atoms with E-state index in [1.54, 1.807) is 6.07 Å². The summed E-state index contributed by atoms with van der Waals surface area (Å²) in [7, 11) is 2.63. The van der Waals surface area contributed by atoms with Gasteiger partial charge in [-0.05, 0) is 73.3 Å². The molecule has 2 aromatic carbocycles. The molecule has 1 atom stereocenters. The Labute approximate surface area is 193 Å². The number of halogens is 1. The third kappa shape index (κ3) is 7.20. The van der Waals surface area contributed by atoms with E-state index in [0.717, 1.165) is 34.1 Å². The van der Waals surface area contributed by atoms with E-state index in [1.165, 1.54) is 6.07 Å². The molecule has 0 aliphatic carbocycles. The second-order valence-corrected chi connectivity index (χ2v) is 9.13. The first kappa shape index (κ1) is 25.6. The van der Waals surface area contributed by atoms with Crippen molar-refractivity contribution in [2.75, 3.05) is 11.9 Å². The number of hydrogen-bond acceptors (Lipinski definition) is 4. The molecular formula is C26H34FN2O2P. The Balaban J connectivity index is 2.28. The number of ether oxygens (including phenoxy) is 1. The van der Waals surface area contributed by atoms with Gasteiger partial charge in [0.1, 0.15) is 17.2 Å². The average Bonchev–Trinajstić information content (AvgIpc) is 2.71. The number of carbonyl (C=O) groups excluding carboxylic acids is 1. The van der Waals surface area contributed by atoms with Gasteiger partial charge >= 0.3 is 5.97 Å². The van der Waals surface area contributed by atoms with Gasteiger partial charge in [0.2, 0.25) is 0 Å². The van der Waals surface area contributed by atoms with Gasteiger partial charge in [0.15, 0.2) is 0 Å². The fourth-order valence-electron chi connectivity index (χ4n) is 3.53. The topological polar surface area (TPSA) is 64.3 Å². The van der Waals surface area contributed by atoms with Crippen LogP contribution in [0.5, 0.6) is 0 Å². The number of esters is 1. The molecule has 0 fully saturated rings. The van der Waals surface area contributed by atoms with Gasteiger partial charge < -0.3 is 15.8 Å². The first-order valence-corrected chi connectivity index (χ1v) is 11.4. The lowest BCUT2D eigenvalue weighted by molar-refractivity contribution is -0.138. The molecule has 4 nitrogen and oxygen atoms in total. The summed E-state index contributed by atoms with van der Waals surface area (Å²) in [6.45, 7) is 10.0. The van der Waals surface area contributed by atoms with E-state index >= 15 is 0 Å². The van der Waals surface area contributed by atoms with Crippen LogP contribution in [0, 0.1) is 18.7 Å². The van der Waals surface area contributed by atoms with Gasteiger partial charge in [-0.2, -0.15) is 0 Å². The lowest BCUT2D eigenvalue weighted by Crippen LogP contribution is -2.22. The molecular weight excluding hydrogens is 422 g/mol. The van der Waals surface area contributed by atoms with Crippen LogP contribution in [0.4, 0.5) is 10.1 Å². The summed E-state index contributed by atoms with van der Waals surface area (Å²) < 4.78 is 19.7. The summed E-state index contributed by atoms with van der Waals surface area (Å²) in [5, 5.41) is 4.17. The molecule has 0 amide bonds. The van der Waals surface area contributed by atoms with Crippen LogP contribution in [-0.4, -0.2) is 12.6 Å². The molecule has 0 spiro atoms. The van der Waals surface area contributed by atoms with Crippen molar-refractivity contribution in [2.24, 2.45) is 11.7 Å². The molecule has 0 aliphatic rings. The van der Waals surface area contributed by atoms with Gasteiger partial charge in [-0.1, -0.05) is 43.7 Å². The number of aryl methyl sites for hydroxylation is 1. The molecule has 0 aliphatic heterocycles. The van der Waals surface area contributed by atoms with Crippen LogP contribution in [0.3, 0.4) is 0 Å². The molecule has 0 radical (unpaired) electrons. The van der Waals surface area contributed by atoms with Crippen molar-refractivity contribution in [1.82, 2.24) is 0 Å². The third-order valence-electron chi connectivity index (χ3n) is 5.33. The maximum absolute atomic E-state index is 14.1.